The van der Waals surface area contributed by atoms with Crippen molar-refractivity contribution >= 4 is 27.8 Å². The SMILES string of the molecule is CC[C@H](C)n1c(SCC(=O)OC)nnc1-c1cccc(S(=O)(=O)N2CCOCC2)c1. The van der Waals surface area contributed by atoms with Crippen molar-refractivity contribution in [3.8, 4) is 11.4 Å². The van der Waals surface area contributed by atoms with Crippen molar-refractivity contribution in [2.45, 2.75) is 36.4 Å². The minimum atomic E-state index is -3.62. The number of benzene rings is 1. The standard InChI is InChI=1S/C19H26N4O5S2/c1-4-14(2)23-18(20-21-19(23)29-13-17(24)27-3)15-6-5-7-16(12-15)30(25,26)22-8-10-28-11-9-22/h5-7,12,14H,4,8-11,13H2,1-3H3/t14-/m0/s1. The lowest BCUT2D eigenvalue weighted by molar-refractivity contribution is -0.137. The number of hydrogen-bond donors (Lipinski definition) is 0. The molecule has 1 aliphatic rings. The van der Waals surface area contributed by atoms with Gasteiger partial charge in [0.25, 0.3) is 0 Å². The Labute approximate surface area is 180 Å². The maximum absolute atomic E-state index is 13.0. The third-order valence-electron chi connectivity index (χ3n) is 4.94. The van der Waals surface area contributed by atoms with Gasteiger partial charge < -0.3 is 9.47 Å². The lowest BCUT2D eigenvalue weighted by Crippen LogP contribution is -2.40. The van der Waals surface area contributed by atoms with Gasteiger partial charge in [-0.05, 0) is 25.5 Å². The van der Waals surface area contributed by atoms with Gasteiger partial charge in [0.2, 0.25) is 10.0 Å². The number of aromatic nitrogens is 3. The van der Waals surface area contributed by atoms with E-state index in [1.54, 1.807) is 18.2 Å². The number of carbonyl (C=O) groups excluding carboxylic acids is 1. The highest BCUT2D eigenvalue weighted by atomic mass is 32.2. The summed E-state index contributed by atoms with van der Waals surface area (Å²) < 4.78 is 39.4. The maximum Gasteiger partial charge on any atom is 0.316 e. The summed E-state index contributed by atoms with van der Waals surface area (Å²) in [4.78, 5) is 11.7. The van der Waals surface area contributed by atoms with Crippen molar-refractivity contribution in [1.29, 1.82) is 0 Å². The number of esters is 1. The Kier molecular flexibility index (Phi) is 7.50. The average molecular weight is 455 g/mol. The number of thioether (sulfide) groups is 1. The van der Waals surface area contributed by atoms with Crippen molar-refractivity contribution in [2.75, 3.05) is 39.2 Å². The molecule has 1 fully saturated rings. The van der Waals surface area contributed by atoms with Crippen LogP contribution in [0.4, 0.5) is 0 Å². The Hall–Kier alpha value is -1.95. The van der Waals surface area contributed by atoms with Gasteiger partial charge in [-0.15, -0.1) is 10.2 Å². The van der Waals surface area contributed by atoms with E-state index in [2.05, 4.69) is 10.2 Å². The van der Waals surface area contributed by atoms with Gasteiger partial charge in [-0.2, -0.15) is 4.31 Å². The third-order valence-corrected chi connectivity index (χ3v) is 7.75. The molecule has 0 N–H and O–H groups in total. The Bertz CT molecular complexity index is 987. The molecule has 2 heterocycles. The minimum absolute atomic E-state index is 0.0645. The highest BCUT2D eigenvalue weighted by molar-refractivity contribution is 7.99. The van der Waals surface area contributed by atoms with E-state index in [-0.39, 0.29) is 22.7 Å². The Balaban J connectivity index is 1.96. The molecule has 164 valence electrons. The van der Waals surface area contributed by atoms with Crippen LogP contribution in [0.1, 0.15) is 26.3 Å². The highest BCUT2D eigenvalue weighted by Gasteiger charge is 2.27. The second kappa shape index (κ2) is 9.90. The molecule has 1 atom stereocenters. The van der Waals surface area contributed by atoms with Crippen molar-refractivity contribution in [1.82, 2.24) is 19.1 Å². The van der Waals surface area contributed by atoms with Crippen LogP contribution < -0.4 is 0 Å². The Morgan fingerprint density at radius 1 is 1.30 bits per heavy atom. The molecule has 9 nitrogen and oxygen atoms in total. The number of hydrogen-bond acceptors (Lipinski definition) is 8. The first-order valence-electron chi connectivity index (χ1n) is 9.71. The normalized spacial score (nSPS) is 16.4. The van der Waals surface area contributed by atoms with Crippen molar-refractivity contribution in [2.24, 2.45) is 0 Å². The van der Waals surface area contributed by atoms with Crippen LogP contribution in [0, 0.1) is 0 Å². The average Bonchev–Trinajstić information content (AvgIpc) is 3.21. The van der Waals surface area contributed by atoms with Gasteiger partial charge in [0, 0.05) is 24.7 Å². The Morgan fingerprint density at radius 2 is 2.03 bits per heavy atom. The zero-order chi connectivity index (χ0) is 21.7. The lowest BCUT2D eigenvalue weighted by Gasteiger charge is -2.26. The molecule has 1 saturated heterocycles. The number of carbonyl (C=O) groups is 1. The fraction of sp³-hybridized carbons (Fsp3) is 0.526. The molecule has 0 aliphatic carbocycles. The van der Waals surface area contributed by atoms with Crippen LogP contribution in [-0.4, -0.2) is 72.6 Å². The summed E-state index contributed by atoms with van der Waals surface area (Å²) in [5, 5.41) is 9.14. The molecular weight excluding hydrogens is 428 g/mol. The molecule has 0 saturated carbocycles. The lowest BCUT2D eigenvalue weighted by atomic mass is 10.2. The zero-order valence-electron chi connectivity index (χ0n) is 17.3. The minimum Gasteiger partial charge on any atom is -0.468 e. The van der Waals surface area contributed by atoms with E-state index in [0.717, 1.165) is 6.42 Å². The summed E-state index contributed by atoms with van der Waals surface area (Å²) in [6.07, 6.45) is 0.822. The van der Waals surface area contributed by atoms with Gasteiger partial charge in [-0.3, -0.25) is 9.36 Å². The van der Waals surface area contributed by atoms with Crippen LogP contribution >= 0.6 is 11.8 Å². The summed E-state index contributed by atoms with van der Waals surface area (Å²) in [5.74, 6) is 0.339. The first-order valence-corrected chi connectivity index (χ1v) is 12.1. The molecule has 11 heteroatoms. The van der Waals surface area contributed by atoms with Crippen LogP contribution in [0.15, 0.2) is 34.3 Å². The molecule has 0 unspecified atom stereocenters. The van der Waals surface area contributed by atoms with Crippen LogP contribution in [-0.2, 0) is 24.3 Å². The summed E-state index contributed by atoms with van der Waals surface area (Å²) in [7, 11) is -2.28. The number of nitrogens with zero attached hydrogens (tertiary/aromatic N) is 4. The molecule has 0 bridgehead atoms. The summed E-state index contributed by atoms with van der Waals surface area (Å²) in [6, 6.07) is 6.80. The topological polar surface area (TPSA) is 104 Å². The Morgan fingerprint density at radius 3 is 2.70 bits per heavy atom. The quantitative estimate of drug-likeness (QED) is 0.442. The van der Waals surface area contributed by atoms with Gasteiger partial charge >= 0.3 is 5.97 Å². The van der Waals surface area contributed by atoms with E-state index in [4.69, 9.17) is 9.47 Å². The number of methoxy groups -OCH3 is 1. The number of rotatable bonds is 8. The first kappa shape index (κ1) is 22.7. The molecule has 2 aromatic rings. The highest BCUT2D eigenvalue weighted by Crippen LogP contribution is 2.30. The number of morpholine rings is 1. The molecule has 1 aliphatic heterocycles. The van der Waals surface area contributed by atoms with Crippen LogP contribution in [0.25, 0.3) is 11.4 Å². The smallest absolute Gasteiger partial charge is 0.316 e. The molecule has 1 aromatic carbocycles. The molecule has 0 amide bonds. The predicted octanol–water partition coefficient (Wildman–Crippen LogP) is 2.20. The van der Waals surface area contributed by atoms with Crippen molar-refractivity contribution in [3.63, 3.8) is 0 Å². The van der Waals surface area contributed by atoms with Gasteiger partial charge in [-0.25, -0.2) is 8.42 Å². The number of ether oxygens (including phenoxy) is 2. The van der Waals surface area contributed by atoms with Gasteiger partial charge in [0.1, 0.15) is 0 Å². The second-order valence-electron chi connectivity index (χ2n) is 6.84. The molecular formula is C19H26N4O5S2. The summed E-state index contributed by atoms with van der Waals surface area (Å²) in [6.45, 7) is 5.53. The largest absolute Gasteiger partial charge is 0.468 e. The van der Waals surface area contributed by atoms with Crippen molar-refractivity contribution in [3.05, 3.63) is 24.3 Å². The fourth-order valence-corrected chi connectivity index (χ4v) is 5.39. The van der Waals surface area contributed by atoms with Crippen LogP contribution in [0.3, 0.4) is 0 Å². The molecule has 30 heavy (non-hydrogen) atoms. The zero-order valence-corrected chi connectivity index (χ0v) is 18.9. The van der Waals surface area contributed by atoms with E-state index < -0.39 is 10.0 Å². The molecule has 1 aromatic heterocycles. The predicted molar refractivity (Wildman–Crippen MR) is 113 cm³/mol. The second-order valence-corrected chi connectivity index (χ2v) is 9.72. The third kappa shape index (κ3) is 4.85. The van der Waals surface area contributed by atoms with E-state index in [9.17, 15) is 13.2 Å². The van der Waals surface area contributed by atoms with Gasteiger partial charge in [0.05, 0.1) is 31.0 Å². The van der Waals surface area contributed by atoms with Gasteiger partial charge in [0.15, 0.2) is 11.0 Å². The van der Waals surface area contributed by atoms with Crippen LogP contribution in [0.2, 0.25) is 0 Å². The van der Waals surface area contributed by atoms with Crippen molar-refractivity contribution < 1.29 is 22.7 Å². The van der Waals surface area contributed by atoms with E-state index >= 15 is 0 Å². The molecule has 0 spiro atoms. The fourth-order valence-electron chi connectivity index (χ4n) is 3.07. The summed E-state index contributed by atoms with van der Waals surface area (Å²) in [5.41, 5.74) is 0.655. The van der Waals surface area contributed by atoms with Gasteiger partial charge in [-0.1, -0.05) is 30.8 Å². The van der Waals surface area contributed by atoms with Crippen LogP contribution in [0.5, 0.6) is 0 Å². The monoisotopic (exact) mass is 454 g/mol. The van der Waals surface area contributed by atoms with E-state index in [1.165, 1.54) is 23.2 Å². The molecule has 0 radical (unpaired) electrons. The van der Waals surface area contributed by atoms with E-state index in [0.29, 0.717) is 42.8 Å². The number of sulfonamides is 1. The first-order chi connectivity index (χ1) is 14.4. The summed E-state index contributed by atoms with van der Waals surface area (Å²) >= 11 is 1.25. The molecule has 3 rings (SSSR count). The maximum atomic E-state index is 13.0. The van der Waals surface area contributed by atoms with E-state index in [1.807, 2.05) is 24.5 Å².